The van der Waals surface area contributed by atoms with E-state index in [2.05, 4.69) is 23.3 Å². The van der Waals surface area contributed by atoms with Crippen molar-refractivity contribution >= 4 is 17.4 Å². The number of fused-ring (bicyclic) bond motifs is 1. The SMILES string of the molecule is COc1ccc2c(c1)N(C(C)=O)C(C1CC1)C(C)C2Nc1cccc(C)n1. The van der Waals surface area contributed by atoms with E-state index in [0.29, 0.717) is 5.92 Å². The highest BCUT2D eigenvalue weighted by molar-refractivity contribution is 5.94. The van der Waals surface area contributed by atoms with Crippen LogP contribution in [-0.2, 0) is 4.79 Å². The Bertz CT molecular complexity index is 862. The maximum Gasteiger partial charge on any atom is 0.224 e. The number of hydrogen-bond donors (Lipinski definition) is 1. The van der Waals surface area contributed by atoms with Crippen LogP contribution in [0.25, 0.3) is 0 Å². The summed E-state index contributed by atoms with van der Waals surface area (Å²) in [5.74, 6) is 2.60. The van der Waals surface area contributed by atoms with Crippen molar-refractivity contribution in [2.45, 2.75) is 45.7 Å². The zero-order chi connectivity index (χ0) is 19.1. The number of nitrogens with one attached hydrogen (secondary N) is 1. The molecule has 1 aromatic carbocycles. The van der Waals surface area contributed by atoms with Crippen LogP contribution in [0.5, 0.6) is 5.75 Å². The Kier molecular flexibility index (Phi) is 4.54. The normalized spacial score (nSPS) is 24.3. The van der Waals surface area contributed by atoms with E-state index in [1.807, 2.05) is 42.2 Å². The third-order valence-electron chi connectivity index (χ3n) is 5.83. The van der Waals surface area contributed by atoms with Gasteiger partial charge in [-0.05, 0) is 49.4 Å². The number of pyridine rings is 1. The van der Waals surface area contributed by atoms with Crippen molar-refractivity contribution in [1.29, 1.82) is 0 Å². The van der Waals surface area contributed by atoms with Crippen LogP contribution in [0, 0.1) is 18.8 Å². The fraction of sp³-hybridized carbons (Fsp3) is 0.455. The monoisotopic (exact) mass is 365 g/mol. The predicted octanol–water partition coefficient (Wildman–Crippen LogP) is 4.33. The zero-order valence-electron chi connectivity index (χ0n) is 16.4. The third-order valence-corrected chi connectivity index (χ3v) is 5.83. The number of anilines is 2. The number of ether oxygens (including phenoxy) is 1. The summed E-state index contributed by atoms with van der Waals surface area (Å²) in [6, 6.07) is 12.4. The topological polar surface area (TPSA) is 54.5 Å². The van der Waals surface area contributed by atoms with E-state index in [0.717, 1.165) is 28.5 Å². The molecule has 1 N–H and O–H groups in total. The number of nitrogens with zero attached hydrogens (tertiary/aromatic N) is 2. The van der Waals surface area contributed by atoms with Gasteiger partial charge in [-0.15, -0.1) is 0 Å². The van der Waals surface area contributed by atoms with E-state index in [1.54, 1.807) is 14.0 Å². The lowest BCUT2D eigenvalue weighted by Crippen LogP contribution is -2.51. The summed E-state index contributed by atoms with van der Waals surface area (Å²) in [6.45, 7) is 5.92. The second kappa shape index (κ2) is 6.87. The molecule has 0 spiro atoms. The van der Waals surface area contributed by atoms with Gasteiger partial charge < -0.3 is 15.0 Å². The fourth-order valence-electron chi connectivity index (χ4n) is 4.45. The summed E-state index contributed by atoms with van der Waals surface area (Å²) >= 11 is 0. The van der Waals surface area contributed by atoms with Gasteiger partial charge in [-0.2, -0.15) is 0 Å². The number of rotatable bonds is 4. The minimum Gasteiger partial charge on any atom is -0.497 e. The number of carbonyl (C=O) groups excluding carboxylic acids is 1. The van der Waals surface area contributed by atoms with Gasteiger partial charge in [-0.3, -0.25) is 4.79 Å². The Balaban J connectivity index is 1.80. The van der Waals surface area contributed by atoms with E-state index in [4.69, 9.17) is 4.74 Å². The molecule has 1 amide bonds. The van der Waals surface area contributed by atoms with E-state index >= 15 is 0 Å². The van der Waals surface area contributed by atoms with Crippen LogP contribution < -0.4 is 15.0 Å². The van der Waals surface area contributed by atoms with Crippen molar-refractivity contribution in [1.82, 2.24) is 4.98 Å². The van der Waals surface area contributed by atoms with E-state index in [1.165, 1.54) is 12.8 Å². The summed E-state index contributed by atoms with van der Waals surface area (Å²) in [4.78, 5) is 19.2. The fourth-order valence-corrected chi connectivity index (χ4v) is 4.45. The highest BCUT2D eigenvalue weighted by Crippen LogP contribution is 2.50. The van der Waals surface area contributed by atoms with Crippen LogP contribution in [0.2, 0.25) is 0 Å². The Morgan fingerprint density at radius 1 is 1.26 bits per heavy atom. The minimum absolute atomic E-state index is 0.0976. The van der Waals surface area contributed by atoms with Gasteiger partial charge in [0.2, 0.25) is 5.91 Å². The molecule has 142 valence electrons. The first kappa shape index (κ1) is 17.8. The van der Waals surface area contributed by atoms with Crippen molar-refractivity contribution in [3.05, 3.63) is 47.7 Å². The Hall–Kier alpha value is -2.56. The molecule has 4 rings (SSSR count). The molecular formula is C22H27N3O2. The maximum absolute atomic E-state index is 12.6. The highest BCUT2D eigenvalue weighted by atomic mass is 16.5. The van der Waals surface area contributed by atoms with Crippen LogP contribution in [0.4, 0.5) is 11.5 Å². The molecule has 2 heterocycles. The van der Waals surface area contributed by atoms with Gasteiger partial charge >= 0.3 is 0 Å². The number of hydrogen-bond acceptors (Lipinski definition) is 4. The van der Waals surface area contributed by atoms with E-state index < -0.39 is 0 Å². The number of methoxy groups -OCH3 is 1. The highest BCUT2D eigenvalue weighted by Gasteiger charge is 2.47. The number of amides is 1. The second-order valence-corrected chi connectivity index (χ2v) is 7.79. The zero-order valence-corrected chi connectivity index (χ0v) is 16.4. The molecule has 5 heteroatoms. The molecule has 1 fully saturated rings. The molecule has 2 aliphatic rings. The van der Waals surface area contributed by atoms with Crippen molar-refractivity contribution in [3.63, 3.8) is 0 Å². The van der Waals surface area contributed by atoms with E-state index in [-0.39, 0.29) is 23.9 Å². The largest absolute Gasteiger partial charge is 0.497 e. The molecule has 1 aliphatic heterocycles. The molecule has 27 heavy (non-hydrogen) atoms. The summed E-state index contributed by atoms with van der Waals surface area (Å²) in [5, 5.41) is 3.65. The first-order valence-electron chi connectivity index (χ1n) is 9.67. The lowest BCUT2D eigenvalue weighted by Gasteiger charge is -2.46. The minimum atomic E-state index is 0.0976. The van der Waals surface area contributed by atoms with Gasteiger partial charge in [0.05, 0.1) is 18.8 Å². The Morgan fingerprint density at radius 3 is 2.67 bits per heavy atom. The van der Waals surface area contributed by atoms with E-state index in [9.17, 15) is 4.79 Å². The van der Waals surface area contributed by atoms with Crippen molar-refractivity contribution in [3.8, 4) is 5.75 Å². The van der Waals surface area contributed by atoms with Crippen LogP contribution in [0.3, 0.4) is 0 Å². The van der Waals surface area contributed by atoms with Crippen molar-refractivity contribution in [2.24, 2.45) is 11.8 Å². The number of benzene rings is 1. The smallest absolute Gasteiger partial charge is 0.224 e. The molecule has 0 saturated heterocycles. The summed E-state index contributed by atoms with van der Waals surface area (Å²) in [6.07, 6.45) is 2.38. The standard InChI is InChI=1S/C22H27N3O2/c1-13-6-5-7-20(23-13)24-21-14(2)22(16-8-9-16)25(15(3)26)19-12-17(27-4)10-11-18(19)21/h5-7,10-12,14,16,21-22H,8-9H2,1-4H3,(H,23,24). The van der Waals surface area contributed by atoms with Gasteiger partial charge in [0.15, 0.2) is 0 Å². The van der Waals surface area contributed by atoms with Crippen molar-refractivity contribution < 1.29 is 9.53 Å². The molecule has 3 atom stereocenters. The van der Waals surface area contributed by atoms with Gasteiger partial charge in [0.1, 0.15) is 11.6 Å². The molecule has 1 aromatic heterocycles. The summed E-state index contributed by atoms with van der Waals surface area (Å²) in [7, 11) is 1.66. The average molecular weight is 365 g/mol. The lowest BCUT2D eigenvalue weighted by atomic mass is 9.80. The van der Waals surface area contributed by atoms with Crippen LogP contribution >= 0.6 is 0 Å². The molecule has 0 radical (unpaired) electrons. The van der Waals surface area contributed by atoms with Crippen LogP contribution in [0.15, 0.2) is 36.4 Å². The summed E-state index contributed by atoms with van der Waals surface area (Å²) < 4.78 is 5.45. The lowest BCUT2D eigenvalue weighted by molar-refractivity contribution is -0.117. The first-order valence-corrected chi connectivity index (χ1v) is 9.67. The quantitative estimate of drug-likeness (QED) is 0.876. The van der Waals surface area contributed by atoms with Gasteiger partial charge in [-0.25, -0.2) is 4.98 Å². The first-order chi connectivity index (χ1) is 13.0. The molecule has 1 saturated carbocycles. The molecule has 1 aliphatic carbocycles. The van der Waals surface area contributed by atoms with Crippen LogP contribution in [-0.4, -0.2) is 24.0 Å². The average Bonchev–Trinajstić information content (AvgIpc) is 3.47. The number of carbonyl (C=O) groups is 1. The molecule has 5 nitrogen and oxygen atoms in total. The Labute approximate surface area is 160 Å². The van der Waals surface area contributed by atoms with Gasteiger partial charge in [0, 0.05) is 30.6 Å². The van der Waals surface area contributed by atoms with Gasteiger partial charge in [0.25, 0.3) is 0 Å². The van der Waals surface area contributed by atoms with Crippen LogP contribution in [0.1, 0.15) is 44.0 Å². The Morgan fingerprint density at radius 2 is 2.04 bits per heavy atom. The van der Waals surface area contributed by atoms with Crippen molar-refractivity contribution in [2.75, 3.05) is 17.3 Å². The molecular weight excluding hydrogens is 338 g/mol. The second-order valence-electron chi connectivity index (χ2n) is 7.79. The maximum atomic E-state index is 12.6. The summed E-state index contributed by atoms with van der Waals surface area (Å²) in [5.41, 5.74) is 3.07. The number of aryl methyl sites for hydroxylation is 1. The molecule has 0 bridgehead atoms. The predicted molar refractivity (Wildman–Crippen MR) is 107 cm³/mol. The molecule has 2 aromatic rings. The number of aromatic nitrogens is 1. The third kappa shape index (κ3) is 3.27. The molecule has 3 unspecified atom stereocenters. The van der Waals surface area contributed by atoms with Gasteiger partial charge in [-0.1, -0.05) is 19.1 Å².